The first kappa shape index (κ1) is 12.8. The molecule has 2 aromatic rings. The minimum absolute atomic E-state index is 0.124. The summed E-state index contributed by atoms with van der Waals surface area (Å²) in [6.45, 7) is 0. The van der Waals surface area contributed by atoms with Gasteiger partial charge in [-0.2, -0.15) is 0 Å². The highest BCUT2D eigenvalue weighted by Gasteiger charge is 2.42. The summed E-state index contributed by atoms with van der Waals surface area (Å²) in [6, 6.07) is 10.6. The fourth-order valence-electron chi connectivity index (χ4n) is 3.97. The summed E-state index contributed by atoms with van der Waals surface area (Å²) in [5.41, 5.74) is 7.62. The number of benzene rings is 1. The lowest BCUT2D eigenvalue weighted by Crippen LogP contribution is -2.50. The quantitative estimate of drug-likeness (QED) is 0.872. The average molecular weight is 281 g/mol. The fourth-order valence-corrected chi connectivity index (χ4v) is 3.97. The van der Waals surface area contributed by atoms with E-state index >= 15 is 0 Å². The summed E-state index contributed by atoms with van der Waals surface area (Å²) in [7, 11) is 0. The number of amides is 1. The van der Waals surface area contributed by atoms with Crippen LogP contribution in [0.3, 0.4) is 0 Å². The molecule has 2 aliphatic rings. The second kappa shape index (κ2) is 4.81. The molecule has 2 unspecified atom stereocenters. The van der Waals surface area contributed by atoms with Crippen molar-refractivity contribution >= 4 is 16.8 Å². The van der Waals surface area contributed by atoms with Crippen LogP contribution in [0.25, 0.3) is 10.9 Å². The monoisotopic (exact) mass is 281 g/mol. The van der Waals surface area contributed by atoms with Gasteiger partial charge in [0.1, 0.15) is 0 Å². The SMILES string of the molecule is NC1CC2CCC(C1)N2C(=O)c1cccc2cccnc12. The predicted octanol–water partition coefficient (Wildman–Crippen LogP) is 2.33. The van der Waals surface area contributed by atoms with E-state index in [1.54, 1.807) is 6.20 Å². The maximum atomic E-state index is 13.0. The van der Waals surface area contributed by atoms with E-state index in [9.17, 15) is 4.79 Å². The Kier molecular flexibility index (Phi) is 2.93. The fraction of sp³-hybridized carbons (Fsp3) is 0.412. The van der Waals surface area contributed by atoms with Gasteiger partial charge in [0.25, 0.3) is 5.91 Å². The van der Waals surface area contributed by atoms with Gasteiger partial charge in [-0.15, -0.1) is 0 Å². The average Bonchev–Trinajstić information content (AvgIpc) is 2.78. The molecule has 2 aliphatic heterocycles. The molecule has 2 saturated heterocycles. The van der Waals surface area contributed by atoms with Gasteiger partial charge in [-0.05, 0) is 37.8 Å². The Bertz CT molecular complexity index is 680. The molecule has 21 heavy (non-hydrogen) atoms. The zero-order valence-electron chi connectivity index (χ0n) is 11.9. The molecule has 3 heterocycles. The molecule has 2 fully saturated rings. The number of rotatable bonds is 1. The molecule has 0 saturated carbocycles. The molecule has 4 heteroatoms. The molecule has 0 spiro atoms. The van der Waals surface area contributed by atoms with Gasteiger partial charge < -0.3 is 10.6 Å². The molecule has 1 aromatic carbocycles. The molecular formula is C17H19N3O. The lowest BCUT2D eigenvalue weighted by molar-refractivity contribution is 0.0577. The van der Waals surface area contributed by atoms with Crippen molar-refractivity contribution in [3.63, 3.8) is 0 Å². The number of hydrogen-bond acceptors (Lipinski definition) is 3. The first-order valence-corrected chi connectivity index (χ1v) is 7.66. The number of fused-ring (bicyclic) bond motifs is 3. The Morgan fingerprint density at radius 2 is 1.86 bits per heavy atom. The van der Waals surface area contributed by atoms with Crippen molar-refractivity contribution < 1.29 is 4.79 Å². The Labute approximate surface area is 124 Å². The van der Waals surface area contributed by atoms with Crippen molar-refractivity contribution in [2.45, 2.75) is 43.8 Å². The normalized spacial score (nSPS) is 28.0. The number of aromatic nitrogens is 1. The summed E-state index contributed by atoms with van der Waals surface area (Å²) >= 11 is 0. The van der Waals surface area contributed by atoms with E-state index < -0.39 is 0 Å². The molecule has 108 valence electrons. The number of piperidine rings is 1. The van der Waals surface area contributed by atoms with Crippen LogP contribution in [0.5, 0.6) is 0 Å². The summed E-state index contributed by atoms with van der Waals surface area (Å²) in [5.74, 6) is 0.124. The third-order valence-electron chi connectivity index (χ3n) is 4.87. The zero-order chi connectivity index (χ0) is 14.4. The van der Waals surface area contributed by atoms with Crippen molar-refractivity contribution in [2.24, 2.45) is 5.73 Å². The number of nitrogens with zero attached hydrogens (tertiary/aromatic N) is 2. The summed E-state index contributed by atoms with van der Waals surface area (Å²) in [4.78, 5) is 19.5. The van der Waals surface area contributed by atoms with Crippen LogP contribution in [0.2, 0.25) is 0 Å². The number of para-hydroxylation sites is 1. The van der Waals surface area contributed by atoms with Crippen molar-refractivity contribution in [1.29, 1.82) is 0 Å². The Morgan fingerprint density at radius 1 is 1.14 bits per heavy atom. The van der Waals surface area contributed by atoms with Crippen LogP contribution in [-0.4, -0.2) is 33.9 Å². The smallest absolute Gasteiger partial charge is 0.256 e. The van der Waals surface area contributed by atoms with Gasteiger partial charge in [0.15, 0.2) is 0 Å². The Balaban J connectivity index is 1.74. The van der Waals surface area contributed by atoms with Crippen LogP contribution in [0.1, 0.15) is 36.0 Å². The van der Waals surface area contributed by atoms with Crippen molar-refractivity contribution in [3.8, 4) is 0 Å². The number of carbonyl (C=O) groups is 1. The first-order valence-electron chi connectivity index (χ1n) is 7.66. The zero-order valence-corrected chi connectivity index (χ0v) is 11.9. The van der Waals surface area contributed by atoms with E-state index in [1.807, 2.05) is 30.3 Å². The van der Waals surface area contributed by atoms with Crippen LogP contribution in [0.15, 0.2) is 36.5 Å². The molecule has 2 N–H and O–H groups in total. The second-order valence-electron chi connectivity index (χ2n) is 6.21. The van der Waals surface area contributed by atoms with Crippen LogP contribution >= 0.6 is 0 Å². The first-order chi connectivity index (χ1) is 10.2. The lowest BCUT2D eigenvalue weighted by atomic mass is 9.96. The molecule has 0 radical (unpaired) electrons. The number of pyridine rings is 1. The van der Waals surface area contributed by atoms with E-state index in [2.05, 4.69) is 9.88 Å². The summed E-state index contributed by atoms with van der Waals surface area (Å²) in [5, 5.41) is 1.02. The van der Waals surface area contributed by atoms with Gasteiger partial charge in [0, 0.05) is 29.7 Å². The second-order valence-corrected chi connectivity index (χ2v) is 6.21. The van der Waals surface area contributed by atoms with Gasteiger partial charge in [-0.25, -0.2) is 0 Å². The Morgan fingerprint density at radius 3 is 2.62 bits per heavy atom. The van der Waals surface area contributed by atoms with Crippen LogP contribution < -0.4 is 5.73 Å². The highest BCUT2D eigenvalue weighted by molar-refractivity contribution is 6.05. The van der Waals surface area contributed by atoms with Gasteiger partial charge in [0.2, 0.25) is 0 Å². The minimum Gasteiger partial charge on any atom is -0.332 e. The maximum absolute atomic E-state index is 13.0. The van der Waals surface area contributed by atoms with Crippen molar-refractivity contribution in [3.05, 3.63) is 42.1 Å². The van der Waals surface area contributed by atoms with E-state index in [1.165, 1.54) is 0 Å². The van der Waals surface area contributed by atoms with E-state index in [-0.39, 0.29) is 11.9 Å². The molecular weight excluding hydrogens is 262 g/mol. The molecule has 1 aromatic heterocycles. The Hall–Kier alpha value is -1.94. The molecule has 1 amide bonds. The van der Waals surface area contributed by atoms with Crippen LogP contribution in [-0.2, 0) is 0 Å². The van der Waals surface area contributed by atoms with Crippen LogP contribution in [0, 0.1) is 0 Å². The largest absolute Gasteiger partial charge is 0.332 e. The minimum atomic E-state index is 0.124. The highest BCUT2D eigenvalue weighted by atomic mass is 16.2. The van der Waals surface area contributed by atoms with Gasteiger partial charge >= 0.3 is 0 Å². The molecule has 4 nitrogen and oxygen atoms in total. The topological polar surface area (TPSA) is 59.2 Å². The number of nitrogens with two attached hydrogens (primary N) is 1. The van der Waals surface area contributed by atoms with E-state index in [4.69, 9.17) is 5.73 Å². The van der Waals surface area contributed by atoms with Crippen molar-refractivity contribution in [1.82, 2.24) is 9.88 Å². The summed E-state index contributed by atoms with van der Waals surface area (Å²) in [6.07, 6.45) is 5.78. The highest BCUT2D eigenvalue weighted by Crippen LogP contribution is 2.36. The van der Waals surface area contributed by atoms with E-state index in [0.717, 1.165) is 42.1 Å². The number of carbonyl (C=O) groups excluding carboxylic acids is 1. The molecule has 4 rings (SSSR count). The van der Waals surface area contributed by atoms with Gasteiger partial charge in [0.05, 0.1) is 11.1 Å². The third-order valence-corrected chi connectivity index (χ3v) is 4.87. The van der Waals surface area contributed by atoms with Crippen LogP contribution in [0.4, 0.5) is 0 Å². The van der Waals surface area contributed by atoms with Gasteiger partial charge in [-0.1, -0.05) is 18.2 Å². The molecule has 0 aliphatic carbocycles. The van der Waals surface area contributed by atoms with Crippen molar-refractivity contribution in [2.75, 3.05) is 0 Å². The lowest BCUT2D eigenvalue weighted by Gasteiger charge is -2.37. The third kappa shape index (κ3) is 2.02. The molecule has 2 bridgehead atoms. The summed E-state index contributed by atoms with van der Waals surface area (Å²) < 4.78 is 0. The van der Waals surface area contributed by atoms with Gasteiger partial charge in [-0.3, -0.25) is 9.78 Å². The standard InChI is InChI=1S/C17H19N3O/c18-12-9-13-6-7-14(10-12)20(13)17(21)15-5-1-3-11-4-2-8-19-16(11)15/h1-5,8,12-14H,6-7,9-10,18H2. The predicted molar refractivity (Wildman–Crippen MR) is 81.9 cm³/mol. The maximum Gasteiger partial charge on any atom is 0.256 e. The molecule has 2 atom stereocenters. The van der Waals surface area contributed by atoms with E-state index in [0.29, 0.717) is 12.1 Å². The number of hydrogen-bond donors (Lipinski definition) is 1.